The van der Waals surface area contributed by atoms with Gasteiger partial charge in [0.15, 0.2) is 0 Å². The molecule has 0 spiro atoms. The van der Waals surface area contributed by atoms with Crippen molar-refractivity contribution in [3.63, 3.8) is 0 Å². The Hall–Kier alpha value is -8.72. The second-order valence-corrected chi connectivity index (χ2v) is 18.6. The lowest BCUT2D eigenvalue weighted by Crippen LogP contribution is -2.09. The fourth-order valence-electron chi connectivity index (χ4n) is 10.8. The highest BCUT2D eigenvalue weighted by Gasteiger charge is 2.24. The van der Waals surface area contributed by atoms with Crippen LogP contribution >= 0.6 is 11.3 Å². The summed E-state index contributed by atoms with van der Waals surface area (Å²) in [5.74, 6) is -0.568. The number of benzene rings is 10. The van der Waals surface area contributed by atoms with Gasteiger partial charge in [0, 0.05) is 87.3 Å². The highest BCUT2D eigenvalue weighted by Crippen LogP contribution is 2.49. The van der Waals surface area contributed by atoms with Crippen molar-refractivity contribution in [2.75, 3.05) is 9.80 Å². The lowest BCUT2D eigenvalue weighted by molar-refractivity contribution is 0.627. The number of furan rings is 2. The SMILES string of the molecule is Fc1ccc(N(c2ccc3cc4c5cccc6c7c8ccc(N(c9ccc(F)cc9)c9ccc%10oc%11ccccc%11c%10c9)cc8sc7n(c4cc3c2)c56)c2ccc3oc4ccccc4c3c2)cc1. The molecule has 0 aliphatic heterocycles. The molecule has 15 rings (SSSR count). The molecule has 0 aliphatic rings. The first-order valence-corrected chi connectivity index (χ1v) is 23.3. The minimum Gasteiger partial charge on any atom is -0.456 e. The van der Waals surface area contributed by atoms with Crippen LogP contribution < -0.4 is 9.80 Å². The summed E-state index contributed by atoms with van der Waals surface area (Å²) in [4.78, 5) is 5.56. The van der Waals surface area contributed by atoms with Gasteiger partial charge < -0.3 is 18.6 Å². The van der Waals surface area contributed by atoms with E-state index in [2.05, 4.69) is 117 Å². The standard InChI is InChI=1S/C60H33F2N3O2S/c61-36-13-18-38(19-14-36)63(41-23-26-55-50(31-41)44-6-1-3-10-53(44)66-55)40-17-12-34-29-49-46-8-5-9-48-58-47-25-22-43(33-57(47)68-60(58)65(59(46)48)52(49)30-35(34)28-40)64(39-20-15-37(62)16-21-39)42-24-27-56-51(32-42)45-7-2-4-11-54(45)67-56/h1-33H. The largest absolute Gasteiger partial charge is 0.456 e. The molecule has 0 fully saturated rings. The molecule has 0 saturated carbocycles. The molecule has 0 N–H and O–H groups in total. The molecule has 5 heterocycles. The van der Waals surface area contributed by atoms with Gasteiger partial charge in [-0.05, 0) is 144 Å². The quantitative estimate of drug-likeness (QED) is 0.167. The Bertz CT molecular complexity index is 4550. The van der Waals surface area contributed by atoms with Crippen LogP contribution in [0.5, 0.6) is 0 Å². The molecule has 0 unspecified atom stereocenters. The highest BCUT2D eigenvalue weighted by molar-refractivity contribution is 7.25. The van der Waals surface area contributed by atoms with Gasteiger partial charge in [-0.1, -0.05) is 66.7 Å². The summed E-state index contributed by atoms with van der Waals surface area (Å²) >= 11 is 1.79. The van der Waals surface area contributed by atoms with E-state index < -0.39 is 0 Å². The second kappa shape index (κ2) is 13.9. The molecular formula is C60H33F2N3O2S. The fourth-order valence-corrected chi connectivity index (χ4v) is 12.0. The molecule has 15 aromatic rings. The lowest BCUT2D eigenvalue weighted by atomic mass is 10.0. The van der Waals surface area contributed by atoms with E-state index in [0.717, 1.165) is 99.0 Å². The first-order chi connectivity index (χ1) is 33.5. The molecule has 320 valence electrons. The van der Waals surface area contributed by atoms with Gasteiger partial charge in [0.05, 0.1) is 11.0 Å². The number of halogens is 2. The van der Waals surface area contributed by atoms with Crippen LogP contribution in [0.3, 0.4) is 0 Å². The van der Waals surface area contributed by atoms with Gasteiger partial charge >= 0.3 is 0 Å². The van der Waals surface area contributed by atoms with E-state index in [0.29, 0.717) is 0 Å². The molecule has 0 amide bonds. The van der Waals surface area contributed by atoms with Gasteiger partial charge in [-0.2, -0.15) is 0 Å². The van der Waals surface area contributed by atoms with Gasteiger partial charge in [0.25, 0.3) is 0 Å². The summed E-state index contributed by atoms with van der Waals surface area (Å²) in [7, 11) is 0. The third kappa shape index (κ3) is 5.40. The van der Waals surface area contributed by atoms with Gasteiger partial charge in [0.1, 0.15) is 38.8 Å². The van der Waals surface area contributed by atoms with E-state index in [-0.39, 0.29) is 11.6 Å². The van der Waals surface area contributed by atoms with Crippen molar-refractivity contribution in [2.24, 2.45) is 0 Å². The van der Waals surface area contributed by atoms with Gasteiger partial charge in [0.2, 0.25) is 0 Å². The minimum atomic E-state index is -0.285. The highest BCUT2D eigenvalue weighted by atomic mass is 32.1. The summed E-state index contributed by atoms with van der Waals surface area (Å²) in [6.07, 6.45) is 0. The van der Waals surface area contributed by atoms with Gasteiger partial charge in [-0.15, -0.1) is 11.3 Å². The molecule has 10 aromatic carbocycles. The number of rotatable bonds is 6. The van der Waals surface area contributed by atoms with Crippen molar-refractivity contribution in [3.8, 4) is 0 Å². The number of anilines is 6. The molecule has 8 heteroatoms. The molecule has 5 aromatic heterocycles. The number of thiophene rings is 1. The van der Waals surface area contributed by atoms with Crippen LogP contribution in [-0.4, -0.2) is 4.40 Å². The normalized spacial score (nSPS) is 12.3. The zero-order valence-electron chi connectivity index (χ0n) is 35.9. The smallest absolute Gasteiger partial charge is 0.135 e. The summed E-state index contributed by atoms with van der Waals surface area (Å²) in [5, 5.41) is 12.4. The molecule has 5 nitrogen and oxygen atoms in total. The second-order valence-electron chi connectivity index (χ2n) is 17.6. The molecule has 0 bridgehead atoms. The predicted octanol–water partition coefficient (Wildman–Crippen LogP) is 18.2. The van der Waals surface area contributed by atoms with Crippen molar-refractivity contribution < 1.29 is 17.6 Å². The van der Waals surface area contributed by atoms with Crippen LogP contribution in [0, 0.1) is 11.6 Å². The number of fused-ring (bicyclic) bond motifs is 15. The predicted molar refractivity (Wildman–Crippen MR) is 278 cm³/mol. The third-order valence-electron chi connectivity index (χ3n) is 13.8. The van der Waals surface area contributed by atoms with Crippen LogP contribution in [0.4, 0.5) is 42.9 Å². The first-order valence-electron chi connectivity index (χ1n) is 22.5. The number of para-hydroxylation sites is 3. The average molecular weight is 898 g/mol. The van der Waals surface area contributed by atoms with Crippen molar-refractivity contribution >= 4 is 148 Å². The molecular weight excluding hydrogens is 865 g/mol. The van der Waals surface area contributed by atoms with E-state index in [9.17, 15) is 8.78 Å². The monoisotopic (exact) mass is 897 g/mol. The third-order valence-corrected chi connectivity index (χ3v) is 14.9. The number of hydrogen-bond acceptors (Lipinski definition) is 5. The zero-order chi connectivity index (χ0) is 44.8. The number of aromatic nitrogens is 1. The van der Waals surface area contributed by atoms with Crippen molar-refractivity contribution in [3.05, 3.63) is 212 Å². The summed E-state index contributed by atoms with van der Waals surface area (Å²) in [5.41, 5.74) is 11.2. The molecule has 68 heavy (non-hydrogen) atoms. The lowest BCUT2D eigenvalue weighted by Gasteiger charge is -2.26. The van der Waals surface area contributed by atoms with E-state index in [1.165, 1.54) is 61.5 Å². The van der Waals surface area contributed by atoms with Crippen LogP contribution in [0.2, 0.25) is 0 Å². The molecule has 0 saturated heterocycles. The Morgan fingerprint density at radius 3 is 1.53 bits per heavy atom. The average Bonchev–Trinajstić information content (AvgIpc) is 4.18. The minimum absolute atomic E-state index is 0.283. The first kappa shape index (κ1) is 37.5. The van der Waals surface area contributed by atoms with Crippen LogP contribution in [0.1, 0.15) is 0 Å². The van der Waals surface area contributed by atoms with Crippen LogP contribution in [-0.2, 0) is 0 Å². The Labute approximate surface area is 389 Å². The number of hydrogen-bond donors (Lipinski definition) is 0. The Morgan fingerprint density at radius 1 is 0.368 bits per heavy atom. The van der Waals surface area contributed by atoms with Crippen molar-refractivity contribution in [1.29, 1.82) is 0 Å². The maximum atomic E-state index is 14.4. The van der Waals surface area contributed by atoms with E-state index in [4.69, 9.17) is 8.83 Å². The van der Waals surface area contributed by atoms with E-state index in [1.807, 2.05) is 72.8 Å². The molecule has 0 atom stereocenters. The molecule has 0 aliphatic carbocycles. The Balaban J connectivity index is 0.909. The zero-order valence-corrected chi connectivity index (χ0v) is 36.7. The fraction of sp³-hybridized carbons (Fsp3) is 0. The number of nitrogens with zero attached hydrogens (tertiary/aromatic N) is 3. The van der Waals surface area contributed by atoms with E-state index >= 15 is 0 Å². The summed E-state index contributed by atoms with van der Waals surface area (Å²) < 4.78 is 44.9. The van der Waals surface area contributed by atoms with Crippen molar-refractivity contribution in [2.45, 2.75) is 0 Å². The van der Waals surface area contributed by atoms with E-state index in [1.54, 1.807) is 11.3 Å². The Morgan fingerprint density at radius 2 is 0.882 bits per heavy atom. The van der Waals surface area contributed by atoms with Gasteiger partial charge in [-0.25, -0.2) is 8.78 Å². The van der Waals surface area contributed by atoms with Crippen LogP contribution in [0.15, 0.2) is 209 Å². The summed E-state index contributed by atoms with van der Waals surface area (Å²) in [6, 6.07) is 66.6. The molecule has 0 radical (unpaired) electrons. The summed E-state index contributed by atoms with van der Waals surface area (Å²) in [6.45, 7) is 0. The van der Waals surface area contributed by atoms with Crippen molar-refractivity contribution in [1.82, 2.24) is 4.40 Å². The van der Waals surface area contributed by atoms with Gasteiger partial charge in [-0.3, -0.25) is 4.40 Å². The topological polar surface area (TPSA) is 37.2 Å². The van der Waals surface area contributed by atoms with Crippen LogP contribution in [0.25, 0.3) is 102 Å². The maximum absolute atomic E-state index is 14.4. The Kier molecular flexibility index (Phi) is 7.67. The maximum Gasteiger partial charge on any atom is 0.135 e.